The van der Waals surface area contributed by atoms with Gasteiger partial charge in [-0.1, -0.05) is 83.2 Å². The van der Waals surface area contributed by atoms with E-state index < -0.39 is 11.4 Å². The van der Waals surface area contributed by atoms with Crippen molar-refractivity contribution in [2.24, 2.45) is 29.4 Å². The number of likely N-dealkylation sites (N-methyl/N-ethyl adjacent to an activating group) is 1. The monoisotopic (exact) mass is 553 g/mol. The topological polar surface area (TPSA) is 83.7 Å². The van der Waals surface area contributed by atoms with Crippen molar-refractivity contribution < 1.29 is 14.4 Å². The molecule has 2 fully saturated rings. The van der Waals surface area contributed by atoms with Gasteiger partial charge in [-0.2, -0.15) is 0 Å². The predicted octanol–water partition coefficient (Wildman–Crippen LogP) is 6.32. The minimum Gasteiger partial charge on any atom is -0.368 e. The lowest BCUT2D eigenvalue weighted by molar-refractivity contribution is -0.148. The fourth-order valence-corrected chi connectivity index (χ4v) is 6.88. The Hall–Kier alpha value is -2.37. The minimum atomic E-state index is -1.12. The first-order valence-corrected chi connectivity index (χ1v) is 15.8. The molecule has 1 saturated carbocycles. The zero-order valence-corrected chi connectivity index (χ0v) is 26.1. The molecule has 6 heteroatoms. The molecule has 6 nitrogen and oxygen atoms in total. The van der Waals surface area contributed by atoms with Crippen molar-refractivity contribution in [2.45, 2.75) is 116 Å². The van der Waals surface area contributed by atoms with E-state index in [9.17, 15) is 14.4 Å². The molecule has 0 spiro atoms. The Balaban J connectivity index is 1.93. The second-order valence-corrected chi connectivity index (χ2v) is 13.6. The van der Waals surface area contributed by atoms with Crippen LogP contribution >= 0.6 is 0 Å². The molecule has 0 bridgehead atoms. The first-order valence-electron chi connectivity index (χ1n) is 15.8. The van der Waals surface area contributed by atoms with Gasteiger partial charge in [0.15, 0.2) is 0 Å². The molecule has 1 aromatic rings. The lowest BCUT2D eigenvalue weighted by Crippen LogP contribution is -2.56. The predicted molar refractivity (Wildman–Crippen MR) is 163 cm³/mol. The van der Waals surface area contributed by atoms with E-state index in [0.29, 0.717) is 18.4 Å². The van der Waals surface area contributed by atoms with Gasteiger partial charge >= 0.3 is 0 Å². The Kier molecular flexibility index (Phi) is 11.3. The van der Waals surface area contributed by atoms with E-state index >= 15 is 0 Å². The number of hydrogen-bond acceptors (Lipinski definition) is 3. The number of nitrogens with two attached hydrogens (primary N) is 1. The zero-order chi connectivity index (χ0) is 29.5. The van der Waals surface area contributed by atoms with Gasteiger partial charge in [-0.25, -0.2) is 0 Å². The first-order chi connectivity index (χ1) is 18.9. The number of rotatable bonds is 10. The van der Waals surface area contributed by atoms with Crippen molar-refractivity contribution >= 4 is 17.7 Å². The highest BCUT2D eigenvalue weighted by atomic mass is 16.2. The summed E-state index contributed by atoms with van der Waals surface area (Å²) < 4.78 is 0. The van der Waals surface area contributed by atoms with E-state index in [2.05, 4.69) is 51.1 Å². The summed E-state index contributed by atoms with van der Waals surface area (Å²) in [7, 11) is 1.61. The van der Waals surface area contributed by atoms with Crippen molar-refractivity contribution in [2.75, 3.05) is 20.1 Å². The Labute approximate surface area is 243 Å². The molecule has 0 aromatic heterocycles. The molecule has 40 heavy (non-hydrogen) atoms. The summed E-state index contributed by atoms with van der Waals surface area (Å²) in [4.78, 5) is 42.7. The highest BCUT2D eigenvalue weighted by molar-refractivity contribution is 5.91. The smallest absolute Gasteiger partial charge is 0.242 e. The summed E-state index contributed by atoms with van der Waals surface area (Å²) in [5.74, 6) is 0.813. The van der Waals surface area contributed by atoms with Gasteiger partial charge < -0.3 is 15.5 Å². The van der Waals surface area contributed by atoms with Crippen LogP contribution in [0.2, 0.25) is 0 Å². The quantitative estimate of drug-likeness (QED) is 0.368. The maximum absolute atomic E-state index is 14.0. The van der Waals surface area contributed by atoms with Gasteiger partial charge in [0.1, 0.15) is 5.54 Å². The Morgan fingerprint density at radius 1 is 1.10 bits per heavy atom. The third-order valence-electron chi connectivity index (χ3n) is 10.5. The Morgan fingerprint density at radius 3 is 2.33 bits per heavy atom. The molecular weight excluding hydrogens is 498 g/mol. The molecule has 224 valence electrons. The summed E-state index contributed by atoms with van der Waals surface area (Å²) in [6.07, 6.45) is 12.4. The van der Waals surface area contributed by atoms with Crippen LogP contribution in [0.15, 0.2) is 30.3 Å². The van der Waals surface area contributed by atoms with Gasteiger partial charge in [0.05, 0.1) is 6.54 Å². The van der Waals surface area contributed by atoms with Gasteiger partial charge in [0.2, 0.25) is 17.7 Å². The van der Waals surface area contributed by atoms with Crippen molar-refractivity contribution in [3.63, 3.8) is 0 Å². The third-order valence-corrected chi connectivity index (χ3v) is 10.5. The summed E-state index contributed by atoms with van der Waals surface area (Å²) in [6.45, 7) is 10.6. The second-order valence-electron chi connectivity index (χ2n) is 13.6. The standard InChI is InChI=1S/C34H55N3O3/c1-7-25(2)23-34(29-17-9-8-10-18-29)19-12-16-28(22-27-14-11-15-27)26(3)31(39)37(21-13-20-34)24-30(38)36(6)33(4,5)32(35)40/h8-10,17-18,25-28H,7,11-16,19-24H2,1-6H3,(H2,35,40)/t25?,26?,28?,34-/m0/s1. The maximum Gasteiger partial charge on any atom is 0.242 e. The number of amides is 3. The molecule has 0 radical (unpaired) electrons. The molecule has 2 N–H and O–H groups in total. The third kappa shape index (κ3) is 7.67. The van der Waals surface area contributed by atoms with Crippen molar-refractivity contribution in [3.8, 4) is 0 Å². The van der Waals surface area contributed by atoms with Gasteiger partial charge in [-0.05, 0) is 81.1 Å². The SMILES string of the molecule is CCC(C)C[C@]1(c2ccccc2)CCCC(CC2CCC2)C(C)C(=O)N(CC(=O)N(C)C(C)(C)C(N)=O)CCC1. The normalized spacial score (nSPS) is 25.9. The van der Waals surface area contributed by atoms with Gasteiger partial charge in [-0.15, -0.1) is 0 Å². The second kappa shape index (κ2) is 14.0. The van der Waals surface area contributed by atoms with E-state index in [4.69, 9.17) is 5.73 Å². The van der Waals surface area contributed by atoms with Crippen LogP contribution in [0.3, 0.4) is 0 Å². The van der Waals surface area contributed by atoms with E-state index in [1.807, 2.05) is 0 Å². The average Bonchev–Trinajstić information content (AvgIpc) is 2.93. The molecule has 1 aliphatic heterocycles. The summed E-state index contributed by atoms with van der Waals surface area (Å²) in [6, 6.07) is 11.0. The maximum atomic E-state index is 14.0. The van der Waals surface area contributed by atoms with Crippen LogP contribution in [0.25, 0.3) is 0 Å². The lowest BCUT2D eigenvalue weighted by Gasteiger charge is -2.38. The summed E-state index contributed by atoms with van der Waals surface area (Å²) in [5.41, 5.74) is 5.96. The number of benzene rings is 1. The van der Waals surface area contributed by atoms with Crippen LogP contribution in [0.4, 0.5) is 0 Å². The highest BCUT2D eigenvalue weighted by Crippen LogP contribution is 2.44. The number of primary amides is 1. The summed E-state index contributed by atoms with van der Waals surface area (Å²) >= 11 is 0. The van der Waals surface area contributed by atoms with E-state index in [1.165, 1.54) is 29.7 Å². The molecule has 1 saturated heterocycles. The molecule has 1 aliphatic carbocycles. The first kappa shape index (κ1) is 32.1. The fourth-order valence-electron chi connectivity index (χ4n) is 6.88. The zero-order valence-electron chi connectivity index (χ0n) is 26.1. The van der Waals surface area contributed by atoms with Gasteiger partial charge in [0, 0.05) is 19.5 Å². The Morgan fingerprint density at radius 2 is 1.75 bits per heavy atom. The molecule has 3 rings (SSSR count). The number of hydrogen-bond donors (Lipinski definition) is 1. The lowest BCUT2D eigenvalue weighted by atomic mass is 9.67. The number of carbonyl (C=O) groups is 3. The molecule has 1 aromatic carbocycles. The van der Waals surface area contributed by atoms with Crippen LogP contribution < -0.4 is 5.73 Å². The van der Waals surface area contributed by atoms with Crippen molar-refractivity contribution in [3.05, 3.63) is 35.9 Å². The number of nitrogens with zero attached hydrogens (tertiary/aromatic N) is 2. The number of carbonyl (C=O) groups excluding carboxylic acids is 3. The molecule has 2 aliphatic rings. The van der Waals surface area contributed by atoms with E-state index in [-0.39, 0.29) is 29.7 Å². The fraction of sp³-hybridized carbons (Fsp3) is 0.735. The average molecular weight is 554 g/mol. The van der Waals surface area contributed by atoms with Gasteiger partial charge in [-0.3, -0.25) is 14.4 Å². The van der Waals surface area contributed by atoms with E-state index in [0.717, 1.165) is 57.3 Å². The van der Waals surface area contributed by atoms with Crippen LogP contribution in [0.5, 0.6) is 0 Å². The van der Waals surface area contributed by atoms with Crippen LogP contribution in [0, 0.1) is 23.7 Å². The minimum absolute atomic E-state index is 0.0176. The Bertz CT molecular complexity index is 989. The molecule has 1 heterocycles. The van der Waals surface area contributed by atoms with E-state index in [1.54, 1.807) is 25.8 Å². The molecule has 4 atom stereocenters. The molecule has 3 unspecified atom stereocenters. The highest BCUT2D eigenvalue weighted by Gasteiger charge is 2.39. The largest absolute Gasteiger partial charge is 0.368 e. The van der Waals surface area contributed by atoms with Crippen molar-refractivity contribution in [1.29, 1.82) is 0 Å². The van der Waals surface area contributed by atoms with Crippen LogP contribution in [0.1, 0.15) is 111 Å². The van der Waals surface area contributed by atoms with Crippen molar-refractivity contribution in [1.82, 2.24) is 9.80 Å². The summed E-state index contributed by atoms with van der Waals surface area (Å²) in [5, 5.41) is 0. The molecule has 3 amide bonds. The van der Waals surface area contributed by atoms with Crippen LogP contribution in [-0.2, 0) is 19.8 Å². The van der Waals surface area contributed by atoms with Gasteiger partial charge in [0.25, 0.3) is 0 Å². The molecular formula is C34H55N3O3. The van der Waals surface area contributed by atoms with Crippen LogP contribution in [-0.4, -0.2) is 53.2 Å².